The van der Waals surface area contributed by atoms with E-state index in [1.54, 1.807) is 12.3 Å². The van der Waals surface area contributed by atoms with Crippen molar-refractivity contribution >= 4 is 22.8 Å². The molecule has 0 fully saturated rings. The zero-order valence-electron chi connectivity index (χ0n) is 20.3. The molecule has 34 heavy (non-hydrogen) atoms. The predicted octanol–water partition coefficient (Wildman–Crippen LogP) is 6.59. The van der Waals surface area contributed by atoms with E-state index in [9.17, 15) is 0 Å². The molecule has 1 atom stereocenters. The van der Waals surface area contributed by atoms with Crippen molar-refractivity contribution in [2.75, 3.05) is 0 Å². The normalized spacial score (nSPS) is 13.1. The van der Waals surface area contributed by atoms with Crippen LogP contribution in [0.2, 0.25) is 0 Å². The summed E-state index contributed by atoms with van der Waals surface area (Å²) in [5.41, 5.74) is 2.21. The molecule has 1 unspecified atom stereocenters. The average Bonchev–Trinajstić information content (AvgIpc) is 3.52. The summed E-state index contributed by atoms with van der Waals surface area (Å²) in [6.45, 7) is 18.2. The number of azo groups is 1. The van der Waals surface area contributed by atoms with E-state index in [1.165, 1.54) is 10.9 Å². The van der Waals surface area contributed by atoms with Gasteiger partial charge >= 0.3 is 0 Å². The number of hydrogen-bond acceptors (Lipinski definition) is 6. The molecule has 0 bridgehead atoms. The number of aromatic amines is 1. The van der Waals surface area contributed by atoms with Crippen molar-refractivity contribution in [2.24, 2.45) is 10.2 Å². The summed E-state index contributed by atoms with van der Waals surface area (Å²) >= 11 is 0. The third kappa shape index (κ3) is 4.33. The van der Waals surface area contributed by atoms with Crippen LogP contribution < -0.4 is 0 Å². The maximum absolute atomic E-state index is 7.53. The molecule has 0 amide bonds. The lowest BCUT2D eigenvalue weighted by Crippen LogP contribution is -2.13. The van der Waals surface area contributed by atoms with E-state index in [1.807, 2.05) is 16.6 Å². The van der Waals surface area contributed by atoms with Crippen LogP contribution in [0.4, 0.5) is 17.2 Å². The molecule has 0 spiro atoms. The first-order chi connectivity index (χ1) is 16.4. The number of nitrogens with one attached hydrogen (secondary N) is 1. The third-order valence-corrected chi connectivity index (χ3v) is 5.83. The number of unbranched alkanes of at least 4 members (excludes halogenated alkanes) is 1. The van der Waals surface area contributed by atoms with Gasteiger partial charge in [-0.2, -0.15) is 5.10 Å². The molecular formula is C24H30N10. The van der Waals surface area contributed by atoms with E-state index in [0.29, 0.717) is 34.6 Å². The van der Waals surface area contributed by atoms with Crippen molar-refractivity contribution in [1.82, 2.24) is 34.6 Å². The smallest absolute Gasteiger partial charge is 0.252 e. The molecule has 4 aromatic rings. The topological polar surface area (TPSA) is 106 Å². The number of hydrogen-bond donors (Lipinski definition) is 1. The zero-order valence-corrected chi connectivity index (χ0v) is 20.3. The van der Waals surface area contributed by atoms with Gasteiger partial charge in [0.15, 0.2) is 23.1 Å². The lowest BCUT2D eigenvalue weighted by molar-refractivity contribution is 0.521. The quantitative estimate of drug-likeness (QED) is 0.237. The van der Waals surface area contributed by atoms with Crippen LogP contribution in [0.3, 0.4) is 0 Å². The molecule has 0 radical (unpaired) electrons. The molecule has 4 aromatic heterocycles. The van der Waals surface area contributed by atoms with Gasteiger partial charge in [0.2, 0.25) is 5.65 Å². The molecule has 0 aromatic carbocycles. The third-order valence-electron chi connectivity index (χ3n) is 5.83. The highest BCUT2D eigenvalue weighted by atomic mass is 15.4. The van der Waals surface area contributed by atoms with Gasteiger partial charge in [0.1, 0.15) is 0 Å². The van der Waals surface area contributed by atoms with Gasteiger partial charge in [-0.25, -0.2) is 19.0 Å². The van der Waals surface area contributed by atoms with E-state index >= 15 is 0 Å². The molecular weight excluding hydrogens is 428 g/mol. The second-order valence-electron chi connectivity index (χ2n) is 9.31. The lowest BCUT2D eigenvalue weighted by atomic mass is 9.91. The number of rotatable bonds is 8. The van der Waals surface area contributed by atoms with Crippen molar-refractivity contribution in [1.29, 1.82) is 0 Å². The van der Waals surface area contributed by atoms with E-state index in [4.69, 9.17) is 6.57 Å². The predicted molar refractivity (Wildman–Crippen MR) is 130 cm³/mol. The first kappa shape index (κ1) is 23.3. The summed E-state index contributed by atoms with van der Waals surface area (Å²) in [6.07, 6.45) is 7.48. The van der Waals surface area contributed by atoms with Crippen molar-refractivity contribution in [3.05, 3.63) is 53.5 Å². The van der Waals surface area contributed by atoms with Gasteiger partial charge in [0.05, 0.1) is 18.5 Å². The molecule has 0 aliphatic heterocycles. The Hall–Kier alpha value is -3.87. The summed E-state index contributed by atoms with van der Waals surface area (Å²) in [7, 11) is 0. The van der Waals surface area contributed by atoms with Crippen molar-refractivity contribution < 1.29 is 0 Å². The second kappa shape index (κ2) is 9.55. The highest BCUT2D eigenvalue weighted by molar-refractivity contribution is 5.69. The van der Waals surface area contributed by atoms with Crippen molar-refractivity contribution in [3.63, 3.8) is 0 Å². The fraction of sp³-hybridized carbons (Fsp3) is 0.458. The fourth-order valence-electron chi connectivity index (χ4n) is 3.93. The van der Waals surface area contributed by atoms with Gasteiger partial charge in [-0.3, -0.25) is 5.10 Å². The van der Waals surface area contributed by atoms with Gasteiger partial charge < -0.3 is 0 Å². The lowest BCUT2D eigenvalue weighted by Gasteiger charge is -2.17. The minimum Gasteiger partial charge on any atom is -0.292 e. The Bertz CT molecular complexity index is 1330. The van der Waals surface area contributed by atoms with Gasteiger partial charge in [0.25, 0.3) is 5.69 Å². The van der Waals surface area contributed by atoms with Crippen LogP contribution in [-0.4, -0.2) is 34.6 Å². The monoisotopic (exact) mass is 458 g/mol. The Balaban J connectivity index is 1.83. The first-order valence-corrected chi connectivity index (χ1v) is 11.6. The van der Waals surface area contributed by atoms with Crippen LogP contribution in [0.15, 0.2) is 40.8 Å². The average molecular weight is 459 g/mol. The number of aromatic nitrogens is 7. The number of pyridine rings is 1. The van der Waals surface area contributed by atoms with Crippen molar-refractivity contribution in [3.8, 4) is 5.82 Å². The molecule has 4 rings (SSSR count). The second-order valence-corrected chi connectivity index (χ2v) is 9.31. The Morgan fingerprint density at radius 1 is 1.18 bits per heavy atom. The SMILES string of the molecule is [C-]#[N+]c1cnn(-c2ccccn2)c1N=Nc1c(C(C)(C)C)[nH]n2c(C(CC)CCCC)nnc12. The zero-order chi connectivity index (χ0) is 24.3. The summed E-state index contributed by atoms with van der Waals surface area (Å²) in [6, 6.07) is 5.49. The van der Waals surface area contributed by atoms with Gasteiger partial charge in [-0.05, 0) is 25.0 Å². The largest absolute Gasteiger partial charge is 0.292 e. The van der Waals surface area contributed by atoms with E-state index < -0.39 is 0 Å². The Morgan fingerprint density at radius 2 is 2.00 bits per heavy atom. The minimum absolute atomic E-state index is 0.235. The standard InChI is InChI=1S/C24H30N10/c1-7-9-12-16(8-2)21-29-31-23-19(20(24(3,4)5)32-34(21)23)28-30-22-17(25-6)15-27-33(22)18-13-10-11-14-26-18/h10-11,13-16,32H,7-9,12H2,1-5H3. The highest BCUT2D eigenvalue weighted by Crippen LogP contribution is 2.38. The molecule has 0 aliphatic carbocycles. The number of fused-ring (bicyclic) bond motifs is 1. The number of nitrogens with zero attached hydrogens (tertiary/aromatic N) is 9. The number of H-pyrrole nitrogens is 1. The maximum Gasteiger partial charge on any atom is 0.252 e. The molecule has 0 saturated heterocycles. The van der Waals surface area contributed by atoms with Gasteiger partial charge in [-0.1, -0.05) is 53.5 Å². The first-order valence-electron chi connectivity index (χ1n) is 11.6. The van der Waals surface area contributed by atoms with E-state index in [-0.39, 0.29) is 5.41 Å². The summed E-state index contributed by atoms with van der Waals surface area (Å²) in [5.74, 6) is 2.11. The summed E-state index contributed by atoms with van der Waals surface area (Å²) in [4.78, 5) is 7.89. The maximum atomic E-state index is 7.53. The van der Waals surface area contributed by atoms with Crippen LogP contribution in [0.1, 0.15) is 77.7 Å². The van der Waals surface area contributed by atoms with Crippen LogP contribution in [0.25, 0.3) is 16.3 Å². The van der Waals surface area contributed by atoms with Crippen LogP contribution in [0, 0.1) is 6.57 Å². The van der Waals surface area contributed by atoms with Gasteiger partial charge in [0, 0.05) is 17.5 Å². The Labute approximate surface area is 199 Å². The highest BCUT2D eigenvalue weighted by Gasteiger charge is 2.28. The van der Waals surface area contributed by atoms with Crippen LogP contribution in [-0.2, 0) is 5.41 Å². The van der Waals surface area contributed by atoms with Crippen LogP contribution in [0.5, 0.6) is 0 Å². The summed E-state index contributed by atoms with van der Waals surface area (Å²) < 4.78 is 3.47. The molecule has 1 N–H and O–H groups in total. The molecule has 0 saturated carbocycles. The molecule has 0 aliphatic rings. The Morgan fingerprint density at radius 3 is 2.65 bits per heavy atom. The molecule has 10 heteroatoms. The molecule has 10 nitrogen and oxygen atoms in total. The molecule has 176 valence electrons. The van der Waals surface area contributed by atoms with E-state index in [2.05, 4.69) is 75.1 Å². The fourth-order valence-corrected chi connectivity index (χ4v) is 3.93. The Kier molecular flexibility index (Phi) is 6.54. The molecule has 4 heterocycles. The van der Waals surface area contributed by atoms with E-state index in [0.717, 1.165) is 37.2 Å². The summed E-state index contributed by atoms with van der Waals surface area (Å²) in [5, 5.41) is 25.9. The van der Waals surface area contributed by atoms with Crippen molar-refractivity contribution in [2.45, 2.75) is 71.6 Å². The van der Waals surface area contributed by atoms with Gasteiger partial charge in [-0.15, -0.1) is 20.4 Å². The minimum atomic E-state index is -0.235. The van der Waals surface area contributed by atoms with Crippen LogP contribution >= 0.6 is 0 Å².